The molecule has 7 heteroatoms. The van der Waals surface area contributed by atoms with Gasteiger partial charge in [0.25, 0.3) is 5.91 Å². The van der Waals surface area contributed by atoms with Crippen molar-refractivity contribution < 1.29 is 23.1 Å². The van der Waals surface area contributed by atoms with Crippen LogP contribution in [-0.4, -0.2) is 59.1 Å². The molecule has 0 aromatic heterocycles. The van der Waals surface area contributed by atoms with Crippen LogP contribution < -0.4 is 0 Å². The lowest BCUT2D eigenvalue weighted by Gasteiger charge is -2.37. The van der Waals surface area contributed by atoms with Crippen molar-refractivity contribution in [2.75, 3.05) is 32.7 Å². The van der Waals surface area contributed by atoms with E-state index in [1.54, 1.807) is 18.7 Å². The van der Waals surface area contributed by atoms with Gasteiger partial charge in [0.1, 0.15) is 0 Å². The van der Waals surface area contributed by atoms with Gasteiger partial charge in [0.2, 0.25) is 0 Å². The van der Waals surface area contributed by atoms with E-state index < -0.39 is 17.3 Å². The van der Waals surface area contributed by atoms with E-state index in [0.717, 1.165) is 12.1 Å². The van der Waals surface area contributed by atoms with E-state index in [1.165, 1.54) is 12.1 Å². The average molecular weight is 330 g/mol. The molecule has 0 spiro atoms. The molecule has 1 aromatic rings. The van der Waals surface area contributed by atoms with E-state index in [4.69, 9.17) is 0 Å². The van der Waals surface area contributed by atoms with E-state index in [0.29, 0.717) is 32.7 Å². The predicted molar refractivity (Wildman–Crippen MR) is 80.1 cm³/mol. The van der Waals surface area contributed by atoms with Gasteiger partial charge < -0.3 is 10.0 Å². The maximum Gasteiger partial charge on any atom is 0.416 e. The summed E-state index contributed by atoms with van der Waals surface area (Å²) in [4.78, 5) is 16.0. The molecular formula is C16H21F3N2O2. The fraction of sp³-hybridized carbons (Fsp3) is 0.562. The second-order valence-electron chi connectivity index (χ2n) is 6.46. The number of carbonyl (C=O) groups excluding carboxylic acids is 1. The van der Waals surface area contributed by atoms with Crippen LogP contribution in [0.5, 0.6) is 0 Å². The summed E-state index contributed by atoms with van der Waals surface area (Å²) in [6.07, 6.45) is -4.46. The van der Waals surface area contributed by atoms with Gasteiger partial charge >= 0.3 is 6.18 Å². The molecule has 23 heavy (non-hydrogen) atoms. The number of alkyl halides is 3. The first-order chi connectivity index (χ1) is 10.6. The van der Waals surface area contributed by atoms with Crippen LogP contribution in [0.25, 0.3) is 0 Å². The molecule has 0 aliphatic carbocycles. The Morgan fingerprint density at radius 1 is 1.17 bits per heavy atom. The van der Waals surface area contributed by atoms with Crippen LogP contribution in [0.1, 0.15) is 29.8 Å². The van der Waals surface area contributed by atoms with Crippen molar-refractivity contribution in [3.63, 3.8) is 0 Å². The number of β-amino-alcohol motifs (C(OH)–C–C–N with tert-alkyl or cyclic N) is 1. The quantitative estimate of drug-likeness (QED) is 0.924. The molecule has 4 nitrogen and oxygen atoms in total. The van der Waals surface area contributed by atoms with Gasteiger partial charge in [-0.15, -0.1) is 0 Å². The summed E-state index contributed by atoms with van der Waals surface area (Å²) in [7, 11) is 0. The van der Waals surface area contributed by atoms with Crippen molar-refractivity contribution in [1.29, 1.82) is 0 Å². The zero-order chi connectivity index (χ0) is 17.3. The fourth-order valence-electron chi connectivity index (χ4n) is 2.67. The number of aliphatic hydroxyl groups is 1. The Balaban J connectivity index is 2.00. The molecule has 1 amide bonds. The van der Waals surface area contributed by atoms with Gasteiger partial charge in [-0.05, 0) is 32.0 Å². The zero-order valence-electron chi connectivity index (χ0n) is 13.2. The van der Waals surface area contributed by atoms with Crippen LogP contribution in [0.3, 0.4) is 0 Å². The summed E-state index contributed by atoms with van der Waals surface area (Å²) in [6.45, 7) is 5.98. The second-order valence-corrected chi connectivity index (χ2v) is 6.46. The minimum absolute atomic E-state index is 0.0516. The van der Waals surface area contributed by atoms with Gasteiger partial charge in [-0.1, -0.05) is 6.07 Å². The van der Waals surface area contributed by atoms with E-state index in [-0.39, 0.29) is 11.5 Å². The Labute approximate surface area is 133 Å². The standard InChI is InChI=1S/C16H21F3N2O2/c1-15(2,23)11-20-6-8-21(9-7-20)14(22)12-4-3-5-13(10-12)16(17,18)19/h3-5,10,23H,6-9,11H2,1-2H3. The number of carbonyl (C=O) groups is 1. The van der Waals surface area contributed by atoms with Gasteiger partial charge in [-0.2, -0.15) is 13.2 Å². The maximum absolute atomic E-state index is 12.7. The van der Waals surface area contributed by atoms with Crippen LogP contribution >= 0.6 is 0 Å². The number of halogens is 3. The molecule has 1 aliphatic rings. The summed E-state index contributed by atoms with van der Waals surface area (Å²) in [5.41, 5.74) is -1.58. The topological polar surface area (TPSA) is 43.8 Å². The lowest BCUT2D eigenvalue weighted by Crippen LogP contribution is -2.52. The van der Waals surface area contributed by atoms with E-state index in [1.807, 2.05) is 4.90 Å². The molecule has 1 aromatic carbocycles. The van der Waals surface area contributed by atoms with Crippen molar-refractivity contribution in [3.8, 4) is 0 Å². The van der Waals surface area contributed by atoms with Gasteiger partial charge in [0.05, 0.1) is 11.2 Å². The first-order valence-corrected chi connectivity index (χ1v) is 7.47. The molecule has 1 N–H and O–H groups in total. The molecule has 0 radical (unpaired) electrons. The fourth-order valence-corrected chi connectivity index (χ4v) is 2.67. The third-order valence-electron chi connectivity index (χ3n) is 3.71. The molecule has 1 heterocycles. The van der Waals surface area contributed by atoms with Crippen LogP contribution in [0.4, 0.5) is 13.2 Å². The summed E-state index contributed by atoms with van der Waals surface area (Å²) in [5.74, 6) is -0.390. The Kier molecular flexibility index (Phi) is 5.01. The molecular weight excluding hydrogens is 309 g/mol. The predicted octanol–water partition coefficient (Wildman–Crippen LogP) is 2.23. The Morgan fingerprint density at radius 2 is 1.78 bits per heavy atom. The van der Waals surface area contributed by atoms with E-state index in [2.05, 4.69) is 0 Å². The molecule has 1 aliphatic heterocycles. The zero-order valence-corrected chi connectivity index (χ0v) is 13.2. The molecule has 0 bridgehead atoms. The molecule has 0 unspecified atom stereocenters. The SMILES string of the molecule is CC(C)(O)CN1CCN(C(=O)c2cccc(C(F)(F)F)c2)CC1. The summed E-state index contributed by atoms with van der Waals surface area (Å²) in [6, 6.07) is 4.50. The molecule has 0 saturated carbocycles. The highest BCUT2D eigenvalue weighted by atomic mass is 19.4. The summed E-state index contributed by atoms with van der Waals surface area (Å²) >= 11 is 0. The van der Waals surface area contributed by atoms with Crippen molar-refractivity contribution in [2.45, 2.75) is 25.6 Å². The Bertz CT molecular complexity index is 559. The second kappa shape index (κ2) is 6.49. The van der Waals surface area contributed by atoms with E-state index in [9.17, 15) is 23.1 Å². The number of amides is 1. The van der Waals surface area contributed by atoms with Gasteiger partial charge in [0.15, 0.2) is 0 Å². The minimum Gasteiger partial charge on any atom is -0.389 e. The summed E-state index contributed by atoms with van der Waals surface area (Å²) < 4.78 is 38.2. The number of hydrogen-bond donors (Lipinski definition) is 1. The summed E-state index contributed by atoms with van der Waals surface area (Å²) in [5, 5.41) is 9.80. The maximum atomic E-state index is 12.7. The average Bonchev–Trinajstić information content (AvgIpc) is 2.45. The number of hydrogen-bond acceptors (Lipinski definition) is 3. The third kappa shape index (κ3) is 4.94. The highest BCUT2D eigenvalue weighted by Crippen LogP contribution is 2.29. The Hall–Kier alpha value is -1.60. The largest absolute Gasteiger partial charge is 0.416 e. The van der Waals surface area contributed by atoms with Gasteiger partial charge in [-0.25, -0.2) is 0 Å². The van der Waals surface area contributed by atoms with Crippen molar-refractivity contribution >= 4 is 5.91 Å². The minimum atomic E-state index is -4.46. The van der Waals surface area contributed by atoms with Crippen molar-refractivity contribution in [1.82, 2.24) is 9.80 Å². The monoisotopic (exact) mass is 330 g/mol. The van der Waals surface area contributed by atoms with Gasteiger partial charge in [0, 0.05) is 38.3 Å². The lowest BCUT2D eigenvalue weighted by atomic mass is 10.1. The highest BCUT2D eigenvalue weighted by Gasteiger charge is 2.32. The van der Waals surface area contributed by atoms with E-state index >= 15 is 0 Å². The van der Waals surface area contributed by atoms with Crippen molar-refractivity contribution in [2.24, 2.45) is 0 Å². The number of nitrogens with zero attached hydrogens (tertiary/aromatic N) is 2. The molecule has 1 fully saturated rings. The van der Waals surface area contributed by atoms with Crippen LogP contribution in [0.2, 0.25) is 0 Å². The third-order valence-corrected chi connectivity index (χ3v) is 3.71. The molecule has 2 rings (SSSR count). The highest BCUT2D eigenvalue weighted by molar-refractivity contribution is 5.94. The molecule has 128 valence electrons. The first kappa shape index (κ1) is 17.7. The molecule has 1 saturated heterocycles. The molecule has 0 atom stereocenters. The van der Waals surface area contributed by atoms with Gasteiger partial charge in [-0.3, -0.25) is 9.69 Å². The van der Waals surface area contributed by atoms with Crippen LogP contribution in [0.15, 0.2) is 24.3 Å². The normalized spacial score (nSPS) is 17.4. The number of benzene rings is 1. The number of rotatable bonds is 3. The van der Waals surface area contributed by atoms with Crippen molar-refractivity contribution in [3.05, 3.63) is 35.4 Å². The first-order valence-electron chi connectivity index (χ1n) is 7.47. The Morgan fingerprint density at radius 3 is 2.30 bits per heavy atom. The van der Waals surface area contributed by atoms with Crippen LogP contribution in [0, 0.1) is 0 Å². The van der Waals surface area contributed by atoms with Crippen LogP contribution in [-0.2, 0) is 6.18 Å². The lowest BCUT2D eigenvalue weighted by molar-refractivity contribution is -0.137. The number of piperazine rings is 1. The smallest absolute Gasteiger partial charge is 0.389 e.